The normalized spacial score (nSPS) is 21.6. The minimum Gasteiger partial charge on any atom is -0.507 e. The van der Waals surface area contributed by atoms with Crippen LogP contribution in [0.5, 0.6) is 0 Å². The molecule has 0 aromatic heterocycles. The van der Waals surface area contributed by atoms with Gasteiger partial charge in [-0.3, -0.25) is 9.59 Å². The fourth-order valence-corrected chi connectivity index (χ4v) is 4.90. The number of aliphatic hydroxyl groups excluding tert-OH is 1. The van der Waals surface area contributed by atoms with E-state index in [1.54, 1.807) is 4.90 Å². The van der Waals surface area contributed by atoms with Gasteiger partial charge in [-0.15, -0.1) is 0 Å². The number of likely N-dealkylation sites (tertiary alicyclic amines) is 1. The molecular formula is C27H31NO3. The molecule has 1 saturated heterocycles. The molecule has 0 bridgehead atoms. The summed E-state index contributed by atoms with van der Waals surface area (Å²) in [6.45, 7) is 4.17. The molecule has 4 heteroatoms. The highest BCUT2D eigenvalue weighted by molar-refractivity contribution is 6.46. The number of aryl methyl sites for hydroxylation is 2. The van der Waals surface area contributed by atoms with Crippen molar-refractivity contribution >= 4 is 17.4 Å². The lowest BCUT2D eigenvalue weighted by Gasteiger charge is -2.35. The second kappa shape index (κ2) is 9.09. The molecule has 1 aliphatic carbocycles. The first-order valence-corrected chi connectivity index (χ1v) is 11.5. The van der Waals surface area contributed by atoms with Gasteiger partial charge in [0, 0.05) is 11.6 Å². The molecular weight excluding hydrogens is 386 g/mol. The standard InChI is InChI=1S/C27H31NO3/c1-3-18-10-14-20(15-11-18)24-23(25(29)21-16-12-19(4-2)13-17-21)26(30)27(31)28(24)22-8-6-5-7-9-22/h10-17,22,24,29H,3-9H2,1-2H3/b25-23-. The first-order chi connectivity index (χ1) is 15.0. The van der Waals surface area contributed by atoms with E-state index in [0.717, 1.165) is 49.7 Å². The van der Waals surface area contributed by atoms with Crippen LogP contribution in [0.4, 0.5) is 0 Å². The van der Waals surface area contributed by atoms with Crippen molar-refractivity contribution in [3.05, 3.63) is 76.4 Å². The Morgan fingerprint density at radius 3 is 1.97 bits per heavy atom. The number of rotatable bonds is 5. The number of benzene rings is 2. The van der Waals surface area contributed by atoms with Crippen molar-refractivity contribution in [3.8, 4) is 0 Å². The fraction of sp³-hybridized carbons (Fsp3) is 0.407. The maximum absolute atomic E-state index is 13.2. The van der Waals surface area contributed by atoms with Crippen molar-refractivity contribution in [3.63, 3.8) is 0 Å². The SMILES string of the molecule is CCc1ccc(/C(O)=C2/C(=O)C(=O)N(C3CCCCC3)C2c2ccc(CC)cc2)cc1. The van der Waals surface area contributed by atoms with Crippen LogP contribution in [-0.4, -0.2) is 27.7 Å². The van der Waals surface area contributed by atoms with Crippen LogP contribution in [-0.2, 0) is 22.4 Å². The van der Waals surface area contributed by atoms with Crippen molar-refractivity contribution in [1.82, 2.24) is 4.90 Å². The Bertz CT molecular complexity index is 982. The average molecular weight is 418 g/mol. The number of nitrogens with zero attached hydrogens (tertiary/aromatic N) is 1. The number of ketones is 1. The molecule has 2 aliphatic rings. The van der Waals surface area contributed by atoms with Crippen LogP contribution >= 0.6 is 0 Å². The number of carbonyl (C=O) groups is 2. The summed E-state index contributed by atoms with van der Waals surface area (Å²) in [6, 6.07) is 15.2. The first-order valence-electron chi connectivity index (χ1n) is 11.5. The molecule has 0 radical (unpaired) electrons. The number of hydrogen-bond donors (Lipinski definition) is 1. The van der Waals surface area contributed by atoms with Gasteiger partial charge in [0.1, 0.15) is 5.76 Å². The summed E-state index contributed by atoms with van der Waals surface area (Å²) in [5, 5.41) is 11.2. The molecule has 1 aliphatic heterocycles. The van der Waals surface area contributed by atoms with E-state index in [0.29, 0.717) is 5.56 Å². The fourth-order valence-electron chi connectivity index (χ4n) is 4.90. The minimum atomic E-state index is -0.577. The third kappa shape index (κ3) is 4.04. The van der Waals surface area contributed by atoms with Crippen LogP contribution in [0.15, 0.2) is 54.1 Å². The van der Waals surface area contributed by atoms with E-state index < -0.39 is 17.7 Å². The highest BCUT2D eigenvalue weighted by Gasteiger charge is 2.48. The van der Waals surface area contributed by atoms with Gasteiger partial charge >= 0.3 is 0 Å². The largest absolute Gasteiger partial charge is 0.507 e. The van der Waals surface area contributed by atoms with Crippen molar-refractivity contribution < 1.29 is 14.7 Å². The van der Waals surface area contributed by atoms with E-state index in [-0.39, 0.29) is 17.4 Å². The summed E-state index contributed by atoms with van der Waals surface area (Å²) in [6.07, 6.45) is 6.93. The Morgan fingerprint density at radius 1 is 0.871 bits per heavy atom. The third-order valence-corrected chi connectivity index (χ3v) is 6.79. The van der Waals surface area contributed by atoms with Crippen LogP contribution in [0.1, 0.15) is 74.2 Å². The molecule has 1 N–H and O–H groups in total. The Morgan fingerprint density at radius 2 is 1.42 bits per heavy atom. The molecule has 0 spiro atoms. The summed E-state index contributed by atoms with van der Waals surface area (Å²) in [4.78, 5) is 28.1. The van der Waals surface area contributed by atoms with Crippen LogP contribution < -0.4 is 0 Å². The first kappa shape index (κ1) is 21.4. The Balaban J connectivity index is 1.83. The molecule has 2 aromatic rings. The number of carbonyl (C=O) groups excluding carboxylic acids is 2. The Labute approximate surface area is 184 Å². The molecule has 1 heterocycles. The van der Waals surface area contributed by atoms with Gasteiger partial charge in [-0.2, -0.15) is 0 Å². The summed E-state index contributed by atoms with van der Waals surface area (Å²) < 4.78 is 0. The lowest BCUT2D eigenvalue weighted by molar-refractivity contribution is -0.141. The zero-order valence-electron chi connectivity index (χ0n) is 18.4. The van der Waals surface area contributed by atoms with E-state index in [4.69, 9.17) is 0 Å². The van der Waals surface area contributed by atoms with Crippen molar-refractivity contribution in [1.29, 1.82) is 0 Å². The second-order valence-electron chi connectivity index (χ2n) is 8.64. The number of amides is 1. The molecule has 162 valence electrons. The summed E-state index contributed by atoms with van der Waals surface area (Å²) >= 11 is 0. The lowest BCUT2D eigenvalue weighted by atomic mass is 9.90. The van der Waals surface area contributed by atoms with Crippen LogP contribution in [0, 0.1) is 0 Å². The lowest BCUT2D eigenvalue weighted by Crippen LogP contribution is -2.40. The van der Waals surface area contributed by atoms with Gasteiger partial charge in [-0.1, -0.05) is 81.6 Å². The molecule has 1 unspecified atom stereocenters. The maximum atomic E-state index is 13.2. The Kier molecular flexibility index (Phi) is 6.26. The van der Waals surface area contributed by atoms with Crippen molar-refractivity contribution in [2.75, 3.05) is 0 Å². The van der Waals surface area contributed by atoms with Gasteiger partial charge in [-0.05, 0) is 42.4 Å². The van der Waals surface area contributed by atoms with E-state index in [1.165, 1.54) is 12.0 Å². The van der Waals surface area contributed by atoms with Gasteiger partial charge in [0.2, 0.25) is 0 Å². The predicted octanol–water partition coefficient (Wildman–Crippen LogP) is 5.57. The quantitative estimate of drug-likeness (QED) is 0.393. The third-order valence-electron chi connectivity index (χ3n) is 6.79. The number of Topliss-reactive ketones (excluding diaryl/α,β-unsaturated/α-hetero) is 1. The molecule has 1 amide bonds. The van der Waals surface area contributed by atoms with Gasteiger partial charge in [0.25, 0.3) is 11.7 Å². The van der Waals surface area contributed by atoms with Gasteiger partial charge in [-0.25, -0.2) is 0 Å². The highest BCUT2D eigenvalue weighted by Crippen LogP contribution is 2.43. The number of hydrogen-bond acceptors (Lipinski definition) is 3. The second-order valence-corrected chi connectivity index (χ2v) is 8.64. The smallest absolute Gasteiger partial charge is 0.295 e. The van der Waals surface area contributed by atoms with Crippen LogP contribution in [0.3, 0.4) is 0 Å². The predicted molar refractivity (Wildman–Crippen MR) is 123 cm³/mol. The molecule has 1 saturated carbocycles. The van der Waals surface area contributed by atoms with Gasteiger partial charge in [0.15, 0.2) is 0 Å². The monoisotopic (exact) mass is 417 g/mol. The van der Waals surface area contributed by atoms with Gasteiger partial charge in [0.05, 0.1) is 11.6 Å². The molecule has 4 nitrogen and oxygen atoms in total. The summed E-state index contributed by atoms with van der Waals surface area (Å²) in [5.74, 6) is -1.14. The molecule has 2 aromatic carbocycles. The van der Waals surface area contributed by atoms with Crippen molar-refractivity contribution in [2.45, 2.75) is 70.9 Å². The Hall–Kier alpha value is -2.88. The zero-order valence-corrected chi connectivity index (χ0v) is 18.4. The van der Waals surface area contributed by atoms with E-state index in [2.05, 4.69) is 13.8 Å². The average Bonchev–Trinajstić information content (AvgIpc) is 3.09. The van der Waals surface area contributed by atoms with E-state index in [1.807, 2.05) is 48.5 Å². The molecule has 31 heavy (non-hydrogen) atoms. The molecule has 2 fully saturated rings. The minimum absolute atomic E-state index is 0.0359. The van der Waals surface area contributed by atoms with E-state index >= 15 is 0 Å². The van der Waals surface area contributed by atoms with Gasteiger partial charge < -0.3 is 10.0 Å². The maximum Gasteiger partial charge on any atom is 0.295 e. The van der Waals surface area contributed by atoms with Crippen molar-refractivity contribution in [2.24, 2.45) is 0 Å². The number of aliphatic hydroxyl groups is 1. The highest BCUT2D eigenvalue weighted by atomic mass is 16.3. The zero-order chi connectivity index (χ0) is 22.0. The topological polar surface area (TPSA) is 57.6 Å². The van der Waals surface area contributed by atoms with Crippen LogP contribution in [0.2, 0.25) is 0 Å². The molecule has 1 atom stereocenters. The summed E-state index contributed by atoms with van der Waals surface area (Å²) in [5.41, 5.74) is 4.03. The van der Waals surface area contributed by atoms with Crippen LogP contribution in [0.25, 0.3) is 5.76 Å². The summed E-state index contributed by atoms with van der Waals surface area (Å²) in [7, 11) is 0. The van der Waals surface area contributed by atoms with E-state index in [9.17, 15) is 14.7 Å². The molecule has 4 rings (SSSR count).